The number of rotatable bonds is 8. The normalized spacial score (nSPS) is 16.9. The summed E-state index contributed by atoms with van der Waals surface area (Å²) < 4.78 is 30.3. The fourth-order valence-corrected chi connectivity index (χ4v) is 2.84. The number of hydrogen-bond acceptors (Lipinski definition) is 4. The van der Waals surface area contributed by atoms with Gasteiger partial charge in [-0.2, -0.15) is 0 Å². The van der Waals surface area contributed by atoms with E-state index in [9.17, 15) is 8.42 Å². The highest BCUT2D eigenvalue weighted by Gasteiger charge is 2.32. The molecule has 2 N–H and O–H groups in total. The maximum Gasteiger partial charge on any atom is 0.212 e. The van der Waals surface area contributed by atoms with E-state index >= 15 is 0 Å². The molecule has 1 unspecified atom stereocenters. The smallest absolute Gasteiger partial charge is 0.212 e. The molecule has 0 aromatic heterocycles. The van der Waals surface area contributed by atoms with Crippen LogP contribution in [0.5, 0.6) is 5.75 Å². The summed E-state index contributed by atoms with van der Waals surface area (Å²) in [6.45, 7) is 0.455. The number of benzene rings is 1. The molecule has 20 heavy (non-hydrogen) atoms. The standard InChI is InChI=1S/C14H22N2O3S/c1-15-20(17,18)10-9-16-14(11-3-4-11)12-5-7-13(19-2)8-6-12/h5-8,11,14-16H,3-4,9-10H2,1-2H3. The van der Waals surface area contributed by atoms with Crippen LogP contribution in [0.15, 0.2) is 24.3 Å². The summed E-state index contributed by atoms with van der Waals surface area (Å²) in [5.41, 5.74) is 1.19. The van der Waals surface area contributed by atoms with Crippen LogP contribution in [0.1, 0.15) is 24.4 Å². The first-order chi connectivity index (χ1) is 9.55. The highest BCUT2D eigenvalue weighted by Crippen LogP contribution is 2.41. The van der Waals surface area contributed by atoms with Crippen LogP contribution >= 0.6 is 0 Å². The van der Waals surface area contributed by atoms with Gasteiger partial charge in [0.05, 0.1) is 12.9 Å². The summed E-state index contributed by atoms with van der Waals surface area (Å²) in [4.78, 5) is 0. The zero-order chi connectivity index (χ0) is 14.6. The third-order valence-electron chi connectivity index (χ3n) is 3.61. The third-order valence-corrected chi connectivity index (χ3v) is 4.98. The topological polar surface area (TPSA) is 67.4 Å². The van der Waals surface area contributed by atoms with Crippen molar-refractivity contribution in [1.82, 2.24) is 10.0 Å². The quantitative estimate of drug-likeness (QED) is 0.759. The summed E-state index contributed by atoms with van der Waals surface area (Å²) in [7, 11) is -0.0571. The second kappa shape index (κ2) is 6.56. The lowest BCUT2D eigenvalue weighted by atomic mass is 10.0. The Morgan fingerprint density at radius 2 is 1.95 bits per heavy atom. The Morgan fingerprint density at radius 1 is 1.30 bits per heavy atom. The summed E-state index contributed by atoms with van der Waals surface area (Å²) in [5.74, 6) is 1.55. The predicted molar refractivity (Wildman–Crippen MR) is 79.3 cm³/mol. The Bertz CT molecular complexity index is 524. The van der Waals surface area contributed by atoms with E-state index in [2.05, 4.69) is 10.0 Å². The number of methoxy groups -OCH3 is 1. The highest BCUT2D eigenvalue weighted by atomic mass is 32.2. The Hall–Kier alpha value is -1.11. The first-order valence-corrected chi connectivity index (χ1v) is 8.49. The molecule has 2 rings (SSSR count). The Kier molecular flexibility index (Phi) is 5.01. The third kappa shape index (κ3) is 4.19. The largest absolute Gasteiger partial charge is 0.497 e. The van der Waals surface area contributed by atoms with Crippen LogP contribution in [0.4, 0.5) is 0 Å². The van der Waals surface area contributed by atoms with Crippen LogP contribution in [0, 0.1) is 5.92 Å². The van der Waals surface area contributed by atoms with Crippen LogP contribution in [-0.4, -0.2) is 34.9 Å². The molecule has 0 saturated heterocycles. The average Bonchev–Trinajstić information content (AvgIpc) is 3.28. The van der Waals surface area contributed by atoms with E-state index < -0.39 is 10.0 Å². The van der Waals surface area contributed by atoms with Crippen molar-refractivity contribution in [3.8, 4) is 5.75 Å². The van der Waals surface area contributed by atoms with E-state index in [-0.39, 0.29) is 11.8 Å². The van der Waals surface area contributed by atoms with Crippen LogP contribution in [0.3, 0.4) is 0 Å². The fraction of sp³-hybridized carbons (Fsp3) is 0.571. The van der Waals surface area contributed by atoms with Gasteiger partial charge in [0.15, 0.2) is 0 Å². The summed E-state index contributed by atoms with van der Waals surface area (Å²) in [5, 5.41) is 3.37. The number of nitrogens with one attached hydrogen (secondary N) is 2. The Balaban J connectivity index is 1.96. The van der Waals surface area contributed by atoms with E-state index in [4.69, 9.17) is 4.74 Å². The van der Waals surface area contributed by atoms with Crippen molar-refractivity contribution < 1.29 is 13.2 Å². The molecular weight excluding hydrogens is 276 g/mol. The molecule has 1 aliphatic rings. The summed E-state index contributed by atoms with van der Waals surface area (Å²) in [6, 6.07) is 8.20. The van der Waals surface area contributed by atoms with Gasteiger partial charge in [-0.3, -0.25) is 0 Å². The first kappa shape index (κ1) is 15.3. The molecule has 1 saturated carbocycles. The molecule has 1 aliphatic carbocycles. The molecule has 0 aliphatic heterocycles. The van der Waals surface area contributed by atoms with Crippen molar-refractivity contribution in [3.63, 3.8) is 0 Å². The van der Waals surface area contributed by atoms with Crippen LogP contribution in [-0.2, 0) is 10.0 Å². The second-order valence-electron chi connectivity index (χ2n) is 5.07. The number of sulfonamides is 1. The molecule has 112 valence electrons. The Labute approximate surface area is 120 Å². The van der Waals surface area contributed by atoms with Gasteiger partial charge in [-0.15, -0.1) is 0 Å². The van der Waals surface area contributed by atoms with E-state index in [1.54, 1.807) is 7.11 Å². The lowest BCUT2D eigenvalue weighted by Gasteiger charge is -2.19. The van der Waals surface area contributed by atoms with E-state index in [1.807, 2.05) is 24.3 Å². The van der Waals surface area contributed by atoms with Gasteiger partial charge in [-0.25, -0.2) is 13.1 Å². The SMILES string of the molecule is CNS(=O)(=O)CCNC(c1ccc(OC)cc1)C1CC1. The minimum Gasteiger partial charge on any atom is -0.497 e. The maximum absolute atomic E-state index is 11.4. The van der Waals surface area contributed by atoms with Crippen molar-refractivity contribution >= 4 is 10.0 Å². The molecule has 6 heteroatoms. The van der Waals surface area contributed by atoms with Crippen molar-refractivity contribution in [1.29, 1.82) is 0 Å². The van der Waals surface area contributed by atoms with Crippen LogP contribution in [0.25, 0.3) is 0 Å². The summed E-state index contributed by atoms with van der Waals surface area (Å²) in [6.07, 6.45) is 2.39. The Morgan fingerprint density at radius 3 is 2.45 bits per heavy atom. The fourth-order valence-electron chi connectivity index (χ4n) is 2.25. The molecule has 0 amide bonds. The van der Waals surface area contributed by atoms with Gasteiger partial charge < -0.3 is 10.1 Å². The zero-order valence-electron chi connectivity index (χ0n) is 11.9. The van der Waals surface area contributed by atoms with Crippen molar-refractivity contribution in [2.45, 2.75) is 18.9 Å². The van der Waals surface area contributed by atoms with Crippen LogP contribution in [0.2, 0.25) is 0 Å². The maximum atomic E-state index is 11.4. The highest BCUT2D eigenvalue weighted by molar-refractivity contribution is 7.89. The van der Waals surface area contributed by atoms with Gasteiger partial charge in [0, 0.05) is 12.6 Å². The molecule has 1 aromatic carbocycles. The lowest BCUT2D eigenvalue weighted by molar-refractivity contribution is 0.414. The molecule has 1 fully saturated rings. The van der Waals surface area contributed by atoms with Gasteiger partial charge in [0.2, 0.25) is 10.0 Å². The average molecular weight is 298 g/mol. The molecule has 1 atom stereocenters. The lowest BCUT2D eigenvalue weighted by Crippen LogP contribution is -2.32. The molecule has 1 aromatic rings. The van der Waals surface area contributed by atoms with Gasteiger partial charge in [-0.1, -0.05) is 12.1 Å². The van der Waals surface area contributed by atoms with Crippen molar-refractivity contribution in [3.05, 3.63) is 29.8 Å². The number of hydrogen-bond donors (Lipinski definition) is 2. The second-order valence-corrected chi connectivity index (χ2v) is 7.11. The van der Waals surface area contributed by atoms with Gasteiger partial charge >= 0.3 is 0 Å². The van der Waals surface area contributed by atoms with E-state index in [0.29, 0.717) is 12.5 Å². The van der Waals surface area contributed by atoms with Gasteiger partial charge in [0.1, 0.15) is 5.75 Å². The molecule has 0 spiro atoms. The van der Waals surface area contributed by atoms with E-state index in [1.165, 1.54) is 25.5 Å². The van der Waals surface area contributed by atoms with Gasteiger partial charge in [0.25, 0.3) is 0 Å². The molecule has 5 nitrogen and oxygen atoms in total. The summed E-state index contributed by atoms with van der Waals surface area (Å²) >= 11 is 0. The van der Waals surface area contributed by atoms with E-state index in [0.717, 1.165) is 5.75 Å². The molecule has 0 bridgehead atoms. The molecular formula is C14H22N2O3S. The molecule has 0 radical (unpaired) electrons. The van der Waals surface area contributed by atoms with Crippen molar-refractivity contribution in [2.24, 2.45) is 5.92 Å². The monoisotopic (exact) mass is 298 g/mol. The van der Waals surface area contributed by atoms with Gasteiger partial charge in [-0.05, 0) is 43.5 Å². The number of ether oxygens (including phenoxy) is 1. The van der Waals surface area contributed by atoms with Crippen LogP contribution < -0.4 is 14.8 Å². The molecule has 0 heterocycles. The van der Waals surface area contributed by atoms with Crippen molar-refractivity contribution in [2.75, 3.05) is 26.5 Å². The first-order valence-electron chi connectivity index (χ1n) is 6.84. The minimum atomic E-state index is -3.15. The minimum absolute atomic E-state index is 0.100. The predicted octanol–water partition coefficient (Wildman–Crippen LogP) is 1.29. The zero-order valence-corrected chi connectivity index (χ0v) is 12.7.